The lowest BCUT2D eigenvalue weighted by molar-refractivity contribution is -0.0355. The molecule has 0 atom stereocenters. The van der Waals surface area contributed by atoms with E-state index < -0.39 is 0 Å². The standard InChI is InChI=1S/C25H33NOS/c1-24(2,3)26-15-13-25(14-16-26)12-11-22-17-21(9-10-23(22)27-25)20-7-5-19(6-8-20)18-28-4/h5-10,17H,11-16,18H2,1-4H3. The highest BCUT2D eigenvalue weighted by atomic mass is 32.2. The molecular weight excluding hydrogens is 362 g/mol. The molecule has 2 aliphatic heterocycles. The number of piperidine rings is 1. The number of ether oxygens (including phenoxy) is 1. The number of aryl methyl sites for hydroxylation is 1. The van der Waals surface area contributed by atoms with Crippen LogP contribution in [0, 0.1) is 0 Å². The molecule has 2 aliphatic rings. The molecule has 2 aromatic carbocycles. The normalized spacial score (nSPS) is 19.3. The molecule has 28 heavy (non-hydrogen) atoms. The van der Waals surface area contributed by atoms with E-state index in [1.54, 1.807) is 0 Å². The highest BCUT2D eigenvalue weighted by Gasteiger charge is 2.41. The fourth-order valence-corrected chi connectivity index (χ4v) is 5.12. The van der Waals surface area contributed by atoms with Gasteiger partial charge in [-0.1, -0.05) is 30.3 Å². The van der Waals surface area contributed by atoms with Gasteiger partial charge in [0.25, 0.3) is 0 Å². The summed E-state index contributed by atoms with van der Waals surface area (Å²) >= 11 is 1.87. The molecule has 4 rings (SSSR count). The SMILES string of the molecule is CSCc1ccc(-c2ccc3c(c2)CCC2(CCN(C(C)(C)C)CC2)O3)cc1. The van der Waals surface area contributed by atoms with Crippen LogP contribution in [0.2, 0.25) is 0 Å². The molecule has 0 aliphatic carbocycles. The molecule has 0 amide bonds. The number of hydrogen-bond acceptors (Lipinski definition) is 3. The number of thioether (sulfide) groups is 1. The first-order valence-corrected chi connectivity index (χ1v) is 11.9. The van der Waals surface area contributed by atoms with Gasteiger partial charge in [-0.05, 0) is 87.1 Å². The Kier molecular flexibility index (Phi) is 5.50. The molecule has 1 saturated heterocycles. The van der Waals surface area contributed by atoms with Gasteiger partial charge in [0.05, 0.1) is 0 Å². The topological polar surface area (TPSA) is 12.5 Å². The van der Waals surface area contributed by atoms with Gasteiger partial charge in [-0.3, -0.25) is 4.90 Å². The first kappa shape index (κ1) is 19.8. The van der Waals surface area contributed by atoms with Gasteiger partial charge in [-0.15, -0.1) is 0 Å². The van der Waals surface area contributed by atoms with Crippen LogP contribution in [-0.4, -0.2) is 35.4 Å². The van der Waals surface area contributed by atoms with E-state index in [0.29, 0.717) is 0 Å². The lowest BCUT2D eigenvalue weighted by Crippen LogP contribution is -2.54. The molecule has 3 heteroatoms. The number of rotatable bonds is 3. The maximum Gasteiger partial charge on any atom is 0.123 e. The second-order valence-corrected chi connectivity index (χ2v) is 10.3. The Morgan fingerprint density at radius 1 is 0.964 bits per heavy atom. The summed E-state index contributed by atoms with van der Waals surface area (Å²) in [7, 11) is 0. The van der Waals surface area contributed by atoms with Gasteiger partial charge in [-0.2, -0.15) is 11.8 Å². The third-order valence-electron chi connectivity index (χ3n) is 6.46. The maximum atomic E-state index is 6.63. The zero-order valence-electron chi connectivity index (χ0n) is 17.8. The zero-order chi connectivity index (χ0) is 19.8. The van der Waals surface area contributed by atoms with Gasteiger partial charge in [-0.25, -0.2) is 0 Å². The third-order valence-corrected chi connectivity index (χ3v) is 7.08. The van der Waals surface area contributed by atoms with Gasteiger partial charge < -0.3 is 4.74 Å². The van der Waals surface area contributed by atoms with Gasteiger partial charge >= 0.3 is 0 Å². The Labute approximate surface area is 174 Å². The minimum atomic E-state index is 0.0513. The van der Waals surface area contributed by atoms with E-state index in [1.807, 2.05) is 11.8 Å². The van der Waals surface area contributed by atoms with Crippen molar-refractivity contribution in [2.24, 2.45) is 0 Å². The summed E-state index contributed by atoms with van der Waals surface area (Å²) in [4.78, 5) is 2.60. The van der Waals surface area contributed by atoms with Gasteiger partial charge in [0, 0.05) is 24.4 Å². The molecule has 0 bridgehead atoms. The lowest BCUT2D eigenvalue weighted by atomic mass is 9.81. The largest absolute Gasteiger partial charge is 0.487 e. The molecular formula is C25H33NOS. The first-order valence-electron chi connectivity index (χ1n) is 10.5. The van der Waals surface area contributed by atoms with Crippen molar-refractivity contribution < 1.29 is 4.74 Å². The summed E-state index contributed by atoms with van der Waals surface area (Å²) in [6, 6.07) is 15.8. The van der Waals surface area contributed by atoms with Crippen molar-refractivity contribution in [1.29, 1.82) is 0 Å². The molecule has 1 spiro atoms. The Balaban J connectivity index is 1.48. The van der Waals surface area contributed by atoms with Crippen LogP contribution in [0.15, 0.2) is 42.5 Å². The highest BCUT2D eigenvalue weighted by molar-refractivity contribution is 7.97. The molecule has 0 unspecified atom stereocenters. The second kappa shape index (κ2) is 7.76. The molecule has 2 aromatic rings. The summed E-state index contributed by atoms with van der Waals surface area (Å²) in [5, 5.41) is 0. The quantitative estimate of drug-likeness (QED) is 0.616. The highest BCUT2D eigenvalue weighted by Crippen LogP contribution is 2.41. The molecule has 150 valence electrons. The Morgan fingerprint density at radius 2 is 1.64 bits per heavy atom. The van der Waals surface area contributed by atoms with Crippen molar-refractivity contribution in [3.05, 3.63) is 53.6 Å². The van der Waals surface area contributed by atoms with Crippen LogP contribution in [0.25, 0.3) is 11.1 Å². The van der Waals surface area contributed by atoms with E-state index >= 15 is 0 Å². The monoisotopic (exact) mass is 395 g/mol. The van der Waals surface area contributed by atoms with Crippen LogP contribution in [0.5, 0.6) is 5.75 Å². The minimum Gasteiger partial charge on any atom is -0.487 e. The number of nitrogens with zero attached hydrogens (tertiary/aromatic N) is 1. The number of hydrogen-bond donors (Lipinski definition) is 0. The van der Waals surface area contributed by atoms with Crippen LogP contribution >= 0.6 is 11.8 Å². The van der Waals surface area contributed by atoms with Crippen molar-refractivity contribution >= 4 is 11.8 Å². The Bertz CT molecular complexity index is 813. The number of fused-ring (bicyclic) bond motifs is 1. The summed E-state index contributed by atoms with van der Waals surface area (Å²) < 4.78 is 6.63. The summed E-state index contributed by atoms with van der Waals surface area (Å²) in [6.45, 7) is 9.23. The second-order valence-electron chi connectivity index (χ2n) is 9.40. The van der Waals surface area contributed by atoms with Crippen molar-refractivity contribution in [3.63, 3.8) is 0 Å². The first-order chi connectivity index (χ1) is 13.4. The van der Waals surface area contributed by atoms with E-state index in [4.69, 9.17) is 4.74 Å². The Morgan fingerprint density at radius 3 is 2.29 bits per heavy atom. The summed E-state index contributed by atoms with van der Waals surface area (Å²) in [5.41, 5.74) is 5.67. The van der Waals surface area contributed by atoms with Crippen molar-refractivity contribution in [2.45, 2.75) is 63.3 Å². The molecule has 1 fully saturated rings. The van der Waals surface area contributed by atoms with E-state index in [0.717, 1.165) is 50.3 Å². The minimum absolute atomic E-state index is 0.0513. The fraction of sp³-hybridized carbons (Fsp3) is 0.520. The molecule has 0 saturated carbocycles. The average Bonchev–Trinajstić information content (AvgIpc) is 2.68. The molecule has 2 heterocycles. The number of likely N-dealkylation sites (tertiary alicyclic amines) is 1. The molecule has 0 radical (unpaired) electrons. The van der Waals surface area contributed by atoms with E-state index in [-0.39, 0.29) is 11.1 Å². The van der Waals surface area contributed by atoms with E-state index in [2.05, 4.69) is 74.4 Å². The fourth-order valence-electron chi connectivity index (χ4n) is 4.60. The third kappa shape index (κ3) is 4.11. The number of benzene rings is 2. The predicted molar refractivity (Wildman–Crippen MR) is 121 cm³/mol. The summed E-state index contributed by atoms with van der Waals surface area (Å²) in [6.07, 6.45) is 6.71. The zero-order valence-corrected chi connectivity index (χ0v) is 18.6. The maximum absolute atomic E-state index is 6.63. The van der Waals surface area contributed by atoms with Crippen molar-refractivity contribution in [2.75, 3.05) is 19.3 Å². The van der Waals surface area contributed by atoms with Gasteiger partial charge in [0.1, 0.15) is 11.4 Å². The van der Waals surface area contributed by atoms with Crippen LogP contribution in [-0.2, 0) is 12.2 Å². The molecule has 0 aromatic heterocycles. The van der Waals surface area contributed by atoms with E-state index in [9.17, 15) is 0 Å². The average molecular weight is 396 g/mol. The molecule has 0 N–H and O–H groups in total. The lowest BCUT2D eigenvalue weighted by Gasteiger charge is -2.48. The molecule has 2 nitrogen and oxygen atoms in total. The van der Waals surface area contributed by atoms with Crippen LogP contribution < -0.4 is 4.74 Å². The van der Waals surface area contributed by atoms with Crippen LogP contribution in [0.1, 0.15) is 51.2 Å². The van der Waals surface area contributed by atoms with Crippen LogP contribution in [0.4, 0.5) is 0 Å². The van der Waals surface area contributed by atoms with E-state index in [1.165, 1.54) is 22.3 Å². The van der Waals surface area contributed by atoms with Crippen molar-refractivity contribution in [1.82, 2.24) is 4.90 Å². The van der Waals surface area contributed by atoms with Gasteiger partial charge in [0.15, 0.2) is 0 Å². The Hall–Kier alpha value is -1.45. The predicted octanol–water partition coefficient (Wildman–Crippen LogP) is 6.17. The van der Waals surface area contributed by atoms with Gasteiger partial charge in [0.2, 0.25) is 0 Å². The van der Waals surface area contributed by atoms with Crippen LogP contribution in [0.3, 0.4) is 0 Å². The summed E-state index contributed by atoms with van der Waals surface area (Å²) in [5.74, 6) is 2.19. The smallest absolute Gasteiger partial charge is 0.123 e. The van der Waals surface area contributed by atoms with Crippen molar-refractivity contribution in [3.8, 4) is 16.9 Å².